The van der Waals surface area contributed by atoms with E-state index < -0.39 is 5.54 Å². The number of hydrogen-bond acceptors (Lipinski definition) is 12. The van der Waals surface area contributed by atoms with Crippen molar-refractivity contribution in [3.05, 3.63) is 90.0 Å². The Labute approximate surface area is 355 Å². The summed E-state index contributed by atoms with van der Waals surface area (Å²) in [6.07, 6.45) is 9.98. The highest BCUT2D eigenvalue weighted by atomic mass is 16.5. The first kappa shape index (κ1) is 50.9. The van der Waals surface area contributed by atoms with Gasteiger partial charge in [-0.2, -0.15) is 5.10 Å². The fourth-order valence-electron chi connectivity index (χ4n) is 6.09. The molecule has 0 aliphatic heterocycles. The van der Waals surface area contributed by atoms with Gasteiger partial charge in [0.15, 0.2) is 11.6 Å². The lowest BCUT2D eigenvalue weighted by atomic mass is 9.89. The molecule has 2 aromatic heterocycles. The molecule has 1 amide bonds. The second-order valence-corrected chi connectivity index (χ2v) is 15.0. The number of benzene rings is 2. The van der Waals surface area contributed by atoms with E-state index in [9.17, 15) is 4.79 Å². The molecule has 0 aliphatic rings. The Kier molecular flexibility index (Phi) is 24.7. The lowest BCUT2D eigenvalue weighted by Crippen LogP contribution is -2.41. The number of anilines is 1. The van der Waals surface area contributed by atoms with Crippen molar-refractivity contribution in [1.29, 1.82) is 0 Å². The van der Waals surface area contributed by atoms with E-state index in [0.717, 1.165) is 67.9 Å². The number of rotatable bonds is 26. The standard InChI is InChI=1S/C43H63N7O5.CH2O2.CH2O/c1-7-25-52-29-30-53-26-10-8-9-11-27-54-38-17-13-14-35(32-38)33(2)46-40(51)36-15-12-16-37(31-36)48-43(20-24-44-6,21-28-55-42(3,4)5)41-47-39(49-50-41)34-18-22-45-23-19-34;2-1-3;1-2/h12-19,22-23,31-33,44,48H,7-11,20-21,24-30H2,1-6H3,(H,46,51)(H,47,49,50);1H,(H,2,3);1H2/t33-,43?;;/m1../s1. The molecule has 0 fully saturated rings. The number of aromatic nitrogens is 4. The van der Waals surface area contributed by atoms with E-state index in [4.69, 9.17) is 38.6 Å². The van der Waals surface area contributed by atoms with Crippen LogP contribution in [0.4, 0.5) is 5.69 Å². The van der Waals surface area contributed by atoms with Crippen LogP contribution in [-0.4, -0.2) is 103 Å². The molecular formula is C45H67N7O8. The topological polar surface area (TPSA) is 199 Å². The zero-order valence-corrected chi connectivity index (χ0v) is 36.3. The van der Waals surface area contributed by atoms with Crippen molar-refractivity contribution >= 4 is 24.9 Å². The average molecular weight is 834 g/mol. The summed E-state index contributed by atoms with van der Waals surface area (Å²) in [6.45, 7) is 16.7. The number of H-pyrrole nitrogens is 1. The number of hydrogen-bond donors (Lipinski definition) is 5. The molecule has 4 rings (SSSR count). The number of carbonyl (C=O) groups is 3. The number of pyridine rings is 1. The number of unbranched alkanes of at least 4 members (excludes halogenated alkanes) is 3. The first-order chi connectivity index (χ1) is 29.0. The molecule has 0 saturated carbocycles. The molecule has 4 aromatic rings. The maximum Gasteiger partial charge on any atom is 0.290 e. The summed E-state index contributed by atoms with van der Waals surface area (Å²) in [6, 6.07) is 19.1. The summed E-state index contributed by atoms with van der Waals surface area (Å²) in [5.74, 6) is 1.90. The monoisotopic (exact) mass is 834 g/mol. The Morgan fingerprint density at radius 1 is 0.900 bits per heavy atom. The van der Waals surface area contributed by atoms with Crippen LogP contribution < -0.4 is 20.7 Å². The number of amides is 1. The second kappa shape index (κ2) is 29.1. The van der Waals surface area contributed by atoms with Crippen molar-refractivity contribution in [2.75, 3.05) is 58.6 Å². The molecule has 15 nitrogen and oxygen atoms in total. The summed E-state index contributed by atoms with van der Waals surface area (Å²) in [5, 5.41) is 24.9. The Bertz CT molecular complexity index is 1750. The van der Waals surface area contributed by atoms with E-state index in [1.807, 2.05) is 102 Å². The van der Waals surface area contributed by atoms with Crippen LogP contribution in [0, 0.1) is 0 Å². The number of carbonyl (C=O) groups excluding carboxylic acids is 2. The molecule has 5 N–H and O–H groups in total. The lowest BCUT2D eigenvalue weighted by Gasteiger charge is -2.35. The second-order valence-electron chi connectivity index (χ2n) is 15.0. The average Bonchev–Trinajstić information content (AvgIpc) is 3.76. The fraction of sp³-hybridized carbons (Fsp3) is 0.511. The minimum atomic E-state index is -0.687. The van der Waals surface area contributed by atoms with E-state index >= 15 is 0 Å². The van der Waals surface area contributed by atoms with Crippen molar-refractivity contribution in [3.63, 3.8) is 0 Å². The largest absolute Gasteiger partial charge is 0.494 e. The van der Waals surface area contributed by atoms with Crippen molar-refractivity contribution in [2.24, 2.45) is 0 Å². The maximum atomic E-state index is 13.7. The van der Waals surface area contributed by atoms with Crippen LogP contribution in [0.1, 0.15) is 107 Å². The number of aromatic amines is 1. The van der Waals surface area contributed by atoms with Gasteiger partial charge in [-0.25, -0.2) is 4.98 Å². The quantitative estimate of drug-likeness (QED) is 0.0311. The molecule has 2 atom stereocenters. The molecule has 0 bridgehead atoms. The van der Waals surface area contributed by atoms with Crippen LogP contribution in [0.2, 0.25) is 0 Å². The number of carboxylic acid groups (broad SMARTS) is 1. The highest BCUT2D eigenvalue weighted by molar-refractivity contribution is 5.95. The SMILES string of the molecule is C=O.CCCOCCOCCCCCCOc1cccc([C@@H](C)NC(=O)c2cccc(NC(CCNC)(CCOC(C)(C)C)c3nc(-c4ccncc4)n[nH]3)c2)c1.O=CO. The maximum absolute atomic E-state index is 13.7. The molecule has 0 radical (unpaired) electrons. The molecule has 1 unspecified atom stereocenters. The van der Waals surface area contributed by atoms with Crippen LogP contribution in [-0.2, 0) is 29.3 Å². The van der Waals surface area contributed by atoms with E-state index in [0.29, 0.717) is 63.0 Å². The normalized spacial score (nSPS) is 12.4. The smallest absolute Gasteiger partial charge is 0.290 e. The molecule has 2 aromatic carbocycles. The Balaban J connectivity index is 0.00000237. The predicted molar refractivity (Wildman–Crippen MR) is 234 cm³/mol. The van der Waals surface area contributed by atoms with Crippen molar-refractivity contribution in [2.45, 2.75) is 96.7 Å². The van der Waals surface area contributed by atoms with Gasteiger partial charge in [0.2, 0.25) is 0 Å². The van der Waals surface area contributed by atoms with E-state index in [1.54, 1.807) is 12.4 Å². The van der Waals surface area contributed by atoms with Gasteiger partial charge < -0.3 is 44.8 Å². The van der Waals surface area contributed by atoms with Gasteiger partial charge in [0, 0.05) is 55.4 Å². The summed E-state index contributed by atoms with van der Waals surface area (Å²) in [4.78, 5) is 39.1. The zero-order chi connectivity index (χ0) is 44.1. The Morgan fingerprint density at radius 2 is 1.58 bits per heavy atom. The summed E-state index contributed by atoms with van der Waals surface area (Å²) >= 11 is 0. The molecular weight excluding hydrogens is 767 g/mol. The Hall–Kier alpha value is -5.22. The molecule has 330 valence electrons. The molecule has 0 aliphatic carbocycles. The van der Waals surface area contributed by atoms with Crippen LogP contribution in [0.25, 0.3) is 11.4 Å². The third kappa shape index (κ3) is 19.2. The highest BCUT2D eigenvalue weighted by Gasteiger charge is 2.36. The summed E-state index contributed by atoms with van der Waals surface area (Å²) < 4.78 is 23.4. The van der Waals surface area contributed by atoms with E-state index in [2.05, 4.69) is 38.1 Å². The lowest BCUT2D eigenvalue weighted by molar-refractivity contribution is -0.122. The summed E-state index contributed by atoms with van der Waals surface area (Å²) in [7, 11) is 1.93. The number of nitrogens with one attached hydrogen (secondary N) is 4. The minimum absolute atomic E-state index is 0.170. The third-order valence-electron chi connectivity index (χ3n) is 9.13. The molecule has 60 heavy (non-hydrogen) atoms. The molecule has 2 heterocycles. The van der Waals surface area contributed by atoms with Crippen molar-refractivity contribution in [3.8, 4) is 17.1 Å². The van der Waals surface area contributed by atoms with Gasteiger partial charge in [0.05, 0.1) is 31.5 Å². The predicted octanol–water partition coefficient (Wildman–Crippen LogP) is 7.38. The van der Waals surface area contributed by atoms with Crippen LogP contribution in [0.5, 0.6) is 5.75 Å². The molecule has 0 spiro atoms. The van der Waals surface area contributed by atoms with Gasteiger partial charge >= 0.3 is 0 Å². The van der Waals surface area contributed by atoms with Gasteiger partial charge in [-0.05, 0) is 121 Å². The van der Waals surface area contributed by atoms with Gasteiger partial charge in [0.25, 0.3) is 12.4 Å². The van der Waals surface area contributed by atoms with Gasteiger partial charge in [-0.3, -0.25) is 19.7 Å². The van der Waals surface area contributed by atoms with Gasteiger partial charge in [-0.15, -0.1) is 0 Å². The highest BCUT2D eigenvalue weighted by Crippen LogP contribution is 2.33. The first-order valence-electron chi connectivity index (χ1n) is 20.6. The summed E-state index contributed by atoms with van der Waals surface area (Å²) in [5.41, 5.74) is 2.18. The zero-order valence-electron chi connectivity index (χ0n) is 36.3. The Morgan fingerprint density at radius 3 is 2.27 bits per heavy atom. The van der Waals surface area contributed by atoms with E-state index in [-0.39, 0.29) is 24.0 Å². The third-order valence-corrected chi connectivity index (χ3v) is 9.13. The molecule has 0 saturated heterocycles. The van der Waals surface area contributed by atoms with Crippen molar-refractivity contribution in [1.82, 2.24) is 30.8 Å². The van der Waals surface area contributed by atoms with Gasteiger partial charge in [0.1, 0.15) is 18.1 Å². The van der Waals surface area contributed by atoms with Crippen LogP contribution in [0.3, 0.4) is 0 Å². The number of nitrogens with zero attached hydrogens (tertiary/aromatic N) is 3. The minimum Gasteiger partial charge on any atom is -0.494 e. The van der Waals surface area contributed by atoms with E-state index in [1.165, 1.54) is 0 Å². The molecule has 15 heteroatoms. The first-order valence-corrected chi connectivity index (χ1v) is 20.6. The fourth-order valence-corrected chi connectivity index (χ4v) is 6.09. The van der Waals surface area contributed by atoms with Crippen LogP contribution in [0.15, 0.2) is 73.1 Å². The van der Waals surface area contributed by atoms with Gasteiger partial charge in [-0.1, -0.05) is 31.5 Å². The van der Waals surface area contributed by atoms with Crippen LogP contribution >= 0.6 is 0 Å². The number of ether oxygens (including phenoxy) is 4. The van der Waals surface area contributed by atoms with Crippen molar-refractivity contribution < 1.29 is 38.4 Å².